The lowest BCUT2D eigenvalue weighted by Crippen LogP contribution is -2.38. The minimum Gasteiger partial charge on any atom is -0.343 e. The maximum atomic E-state index is 13.8. The molecule has 0 aliphatic carbocycles. The third-order valence-electron chi connectivity index (χ3n) is 5.75. The van der Waals surface area contributed by atoms with Gasteiger partial charge in [-0.05, 0) is 43.5 Å². The fourth-order valence-corrected chi connectivity index (χ4v) is 4.11. The van der Waals surface area contributed by atoms with Gasteiger partial charge in [0.2, 0.25) is 5.91 Å². The second-order valence-electron chi connectivity index (χ2n) is 8.10. The molecular weight excluding hydrogens is 457 g/mol. The van der Waals surface area contributed by atoms with Gasteiger partial charge in [-0.2, -0.15) is 5.10 Å². The van der Waals surface area contributed by atoms with Crippen LogP contribution in [0.2, 0.25) is 5.02 Å². The van der Waals surface area contributed by atoms with Gasteiger partial charge in [0.05, 0.1) is 22.8 Å². The first-order chi connectivity index (χ1) is 16.3. The summed E-state index contributed by atoms with van der Waals surface area (Å²) in [6, 6.07) is 8.03. The molecule has 0 atom stereocenters. The molecule has 0 radical (unpaired) electrons. The number of nitrogens with one attached hydrogen (secondary N) is 1. The second kappa shape index (κ2) is 10.1. The van der Waals surface area contributed by atoms with E-state index in [4.69, 9.17) is 11.6 Å². The summed E-state index contributed by atoms with van der Waals surface area (Å²) in [5.41, 5.74) is 1.85. The van der Waals surface area contributed by atoms with E-state index in [1.165, 1.54) is 18.5 Å². The van der Waals surface area contributed by atoms with Crippen molar-refractivity contribution in [3.63, 3.8) is 0 Å². The number of carbonyl (C=O) groups is 2. The molecular formula is C25H23ClFN5O2. The number of aryl methyl sites for hydroxylation is 1. The topological polar surface area (TPSA) is 80.1 Å². The summed E-state index contributed by atoms with van der Waals surface area (Å²) in [5, 5.41) is 7.37. The van der Waals surface area contributed by atoms with E-state index in [1.807, 2.05) is 0 Å². The van der Waals surface area contributed by atoms with E-state index >= 15 is 0 Å². The Hall–Kier alpha value is -3.70. The van der Waals surface area contributed by atoms with Crippen LogP contribution in [0.5, 0.6) is 0 Å². The number of benzene rings is 1. The molecule has 4 rings (SSSR count). The van der Waals surface area contributed by atoms with Crippen molar-refractivity contribution in [2.75, 3.05) is 18.4 Å². The number of rotatable bonds is 3. The second-order valence-corrected chi connectivity index (χ2v) is 8.50. The summed E-state index contributed by atoms with van der Waals surface area (Å²) < 4.78 is 15.4. The lowest BCUT2D eigenvalue weighted by atomic mass is 10.0. The molecule has 1 aliphatic rings. The predicted molar refractivity (Wildman–Crippen MR) is 127 cm³/mol. The maximum Gasteiger partial charge on any atom is 0.276 e. The van der Waals surface area contributed by atoms with Crippen LogP contribution in [0.1, 0.15) is 53.0 Å². The molecule has 0 spiro atoms. The van der Waals surface area contributed by atoms with Crippen LogP contribution in [0.4, 0.5) is 10.2 Å². The van der Waals surface area contributed by atoms with Crippen molar-refractivity contribution in [3.8, 4) is 11.8 Å². The quantitative estimate of drug-likeness (QED) is 0.570. The van der Waals surface area contributed by atoms with Crippen molar-refractivity contribution in [2.45, 2.75) is 32.7 Å². The molecule has 1 aromatic carbocycles. The monoisotopic (exact) mass is 479 g/mol. The van der Waals surface area contributed by atoms with Crippen molar-refractivity contribution in [1.29, 1.82) is 0 Å². The van der Waals surface area contributed by atoms with Crippen LogP contribution in [-0.4, -0.2) is 44.6 Å². The number of likely N-dealkylation sites (tertiary alicyclic amines) is 1. The van der Waals surface area contributed by atoms with Crippen LogP contribution in [0.3, 0.4) is 0 Å². The number of pyridine rings is 1. The Morgan fingerprint density at radius 3 is 2.59 bits per heavy atom. The van der Waals surface area contributed by atoms with Gasteiger partial charge >= 0.3 is 0 Å². The van der Waals surface area contributed by atoms with Crippen molar-refractivity contribution >= 4 is 29.2 Å². The molecule has 0 bridgehead atoms. The Labute approximate surface area is 201 Å². The zero-order chi connectivity index (χ0) is 24.2. The van der Waals surface area contributed by atoms with Gasteiger partial charge in [-0.15, -0.1) is 0 Å². The van der Waals surface area contributed by atoms with Gasteiger partial charge in [0.1, 0.15) is 17.3 Å². The average Bonchev–Trinajstić information content (AvgIpc) is 3.21. The van der Waals surface area contributed by atoms with Crippen LogP contribution in [-0.2, 0) is 4.79 Å². The molecule has 1 saturated heterocycles. The summed E-state index contributed by atoms with van der Waals surface area (Å²) in [7, 11) is 0. The minimum absolute atomic E-state index is 0.0334. The summed E-state index contributed by atoms with van der Waals surface area (Å²) in [5.74, 6) is 5.30. The standard InChI is InChI=1S/C25H23ClFN5O2/c1-16-13-18(7-8-19-5-3-4-6-22(19)27)14-28-24(16)30-25(34)23-21(26)15-29-32(23)20-9-11-31(12-10-20)17(2)33/h3-6,13-15,20H,9-12H2,1-2H3,(H,28,30,34). The van der Waals surface area contributed by atoms with Gasteiger partial charge in [0, 0.05) is 31.8 Å². The summed E-state index contributed by atoms with van der Waals surface area (Å²) in [6.45, 7) is 4.56. The van der Waals surface area contributed by atoms with Gasteiger partial charge in [0.15, 0.2) is 0 Å². The normalized spacial score (nSPS) is 13.8. The van der Waals surface area contributed by atoms with E-state index < -0.39 is 5.91 Å². The van der Waals surface area contributed by atoms with E-state index in [-0.39, 0.29) is 28.5 Å². The number of anilines is 1. The van der Waals surface area contributed by atoms with Crippen LogP contribution in [0.25, 0.3) is 0 Å². The maximum absolute atomic E-state index is 13.8. The highest BCUT2D eigenvalue weighted by Crippen LogP contribution is 2.27. The number of hydrogen-bond donors (Lipinski definition) is 1. The highest BCUT2D eigenvalue weighted by molar-refractivity contribution is 6.34. The molecule has 1 N–H and O–H groups in total. The number of amides is 2. The average molecular weight is 480 g/mol. The number of aromatic nitrogens is 3. The molecule has 0 unspecified atom stereocenters. The highest BCUT2D eigenvalue weighted by atomic mass is 35.5. The molecule has 3 heterocycles. The smallest absolute Gasteiger partial charge is 0.276 e. The molecule has 0 saturated carbocycles. The lowest BCUT2D eigenvalue weighted by Gasteiger charge is -2.32. The third-order valence-corrected chi connectivity index (χ3v) is 6.02. The first-order valence-corrected chi connectivity index (χ1v) is 11.2. The van der Waals surface area contributed by atoms with Gasteiger partial charge in [-0.1, -0.05) is 35.6 Å². The van der Waals surface area contributed by atoms with E-state index in [1.54, 1.807) is 47.7 Å². The molecule has 174 valence electrons. The Kier molecular flexibility index (Phi) is 6.94. The number of carbonyl (C=O) groups excluding carboxylic acids is 2. The summed E-state index contributed by atoms with van der Waals surface area (Å²) >= 11 is 6.30. The zero-order valence-corrected chi connectivity index (χ0v) is 19.6. The largest absolute Gasteiger partial charge is 0.343 e. The summed E-state index contributed by atoms with van der Waals surface area (Å²) in [6.07, 6.45) is 4.34. The van der Waals surface area contributed by atoms with Crippen molar-refractivity contribution in [1.82, 2.24) is 19.7 Å². The van der Waals surface area contributed by atoms with Crippen LogP contribution in [0, 0.1) is 24.6 Å². The molecule has 7 nitrogen and oxygen atoms in total. The third kappa shape index (κ3) is 5.10. The molecule has 3 aromatic rings. The van der Waals surface area contributed by atoms with Crippen molar-refractivity contribution in [3.05, 3.63) is 75.9 Å². The Morgan fingerprint density at radius 2 is 1.91 bits per heavy atom. The number of piperidine rings is 1. The van der Waals surface area contributed by atoms with Crippen LogP contribution in [0.15, 0.2) is 42.7 Å². The first-order valence-electron chi connectivity index (χ1n) is 10.9. The fourth-order valence-electron chi connectivity index (χ4n) is 3.90. The molecule has 34 heavy (non-hydrogen) atoms. The number of hydrogen-bond acceptors (Lipinski definition) is 4. The van der Waals surface area contributed by atoms with Gasteiger partial charge in [0.25, 0.3) is 5.91 Å². The SMILES string of the molecule is CC(=O)N1CCC(n2ncc(Cl)c2C(=O)Nc2ncc(C#Cc3ccccc3F)cc2C)CC1. The molecule has 9 heteroatoms. The van der Waals surface area contributed by atoms with E-state index in [0.29, 0.717) is 48.4 Å². The zero-order valence-electron chi connectivity index (χ0n) is 18.8. The predicted octanol–water partition coefficient (Wildman–Crippen LogP) is 4.21. The molecule has 1 fully saturated rings. The molecule has 2 amide bonds. The Balaban J connectivity index is 1.49. The van der Waals surface area contributed by atoms with E-state index in [2.05, 4.69) is 27.2 Å². The summed E-state index contributed by atoms with van der Waals surface area (Å²) in [4.78, 5) is 30.8. The van der Waals surface area contributed by atoms with Crippen LogP contribution >= 0.6 is 11.6 Å². The minimum atomic E-state index is -0.419. The Morgan fingerprint density at radius 1 is 1.18 bits per heavy atom. The fraction of sp³-hybridized carbons (Fsp3) is 0.280. The van der Waals surface area contributed by atoms with Crippen molar-refractivity contribution < 1.29 is 14.0 Å². The Bertz CT molecular complexity index is 1300. The molecule has 2 aromatic heterocycles. The van der Waals surface area contributed by atoms with Crippen molar-refractivity contribution in [2.24, 2.45) is 0 Å². The van der Waals surface area contributed by atoms with E-state index in [9.17, 15) is 14.0 Å². The number of halogens is 2. The van der Waals surface area contributed by atoms with E-state index in [0.717, 1.165) is 0 Å². The first kappa shape index (κ1) is 23.5. The van der Waals surface area contributed by atoms with Gasteiger partial charge < -0.3 is 10.2 Å². The van der Waals surface area contributed by atoms with Gasteiger partial charge in [-0.25, -0.2) is 9.37 Å². The lowest BCUT2D eigenvalue weighted by molar-refractivity contribution is -0.130. The molecule has 1 aliphatic heterocycles. The number of nitrogens with zero attached hydrogens (tertiary/aromatic N) is 4. The van der Waals surface area contributed by atoms with Gasteiger partial charge in [-0.3, -0.25) is 14.3 Å². The highest BCUT2D eigenvalue weighted by Gasteiger charge is 2.28. The van der Waals surface area contributed by atoms with Crippen LogP contribution < -0.4 is 5.32 Å².